The van der Waals surface area contributed by atoms with Gasteiger partial charge in [-0.15, -0.1) is 0 Å². The molecule has 0 heterocycles. The number of carbonyl (C=O) groups excluding carboxylic acids is 4. The summed E-state index contributed by atoms with van der Waals surface area (Å²) in [5, 5.41) is 0. The number of rotatable bonds is 3. The topological polar surface area (TPSA) is 86.7 Å². The predicted octanol–water partition coefficient (Wildman–Crippen LogP) is 1.59. The van der Waals surface area contributed by atoms with E-state index < -0.39 is 23.3 Å². The summed E-state index contributed by atoms with van der Waals surface area (Å²) in [6.45, 7) is 1.25. The Labute approximate surface area is 120 Å². The Morgan fingerprint density at radius 1 is 1.10 bits per heavy atom. The zero-order chi connectivity index (χ0) is 15.7. The van der Waals surface area contributed by atoms with Gasteiger partial charge < -0.3 is 9.47 Å². The van der Waals surface area contributed by atoms with E-state index in [1.807, 2.05) is 0 Å². The Kier molecular flexibility index (Phi) is 3.71. The lowest BCUT2D eigenvalue weighted by molar-refractivity contribution is 0.0600. The van der Waals surface area contributed by atoms with Crippen molar-refractivity contribution in [3.05, 3.63) is 46.2 Å². The van der Waals surface area contributed by atoms with Gasteiger partial charge in [-0.25, -0.2) is 4.79 Å². The largest absolute Gasteiger partial charge is 0.492 e. The second-order valence-corrected chi connectivity index (χ2v) is 4.40. The van der Waals surface area contributed by atoms with E-state index in [4.69, 9.17) is 4.74 Å². The van der Waals surface area contributed by atoms with Gasteiger partial charge in [0, 0.05) is 22.8 Å². The van der Waals surface area contributed by atoms with Crippen molar-refractivity contribution in [2.24, 2.45) is 0 Å². The number of hydrogen-bond acceptors (Lipinski definition) is 6. The van der Waals surface area contributed by atoms with Crippen LogP contribution in [0.3, 0.4) is 0 Å². The van der Waals surface area contributed by atoms with Crippen molar-refractivity contribution in [1.82, 2.24) is 0 Å². The Bertz CT molecular complexity index is 711. The lowest BCUT2D eigenvalue weighted by Crippen LogP contribution is -2.22. The minimum absolute atomic E-state index is 0.0117. The van der Waals surface area contributed by atoms with E-state index in [9.17, 15) is 19.2 Å². The minimum Gasteiger partial charge on any atom is -0.492 e. The first-order chi connectivity index (χ1) is 9.90. The maximum absolute atomic E-state index is 12.2. The Hall–Kier alpha value is -2.76. The third-order valence-electron chi connectivity index (χ3n) is 3.14. The number of ketones is 3. The fourth-order valence-corrected chi connectivity index (χ4v) is 2.14. The first-order valence-corrected chi connectivity index (χ1v) is 6.02. The van der Waals surface area contributed by atoms with Crippen LogP contribution < -0.4 is 0 Å². The molecule has 6 nitrogen and oxygen atoms in total. The molecule has 2 rings (SSSR count). The molecule has 0 radical (unpaired) electrons. The van der Waals surface area contributed by atoms with Gasteiger partial charge in [-0.3, -0.25) is 14.4 Å². The predicted molar refractivity (Wildman–Crippen MR) is 71.5 cm³/mol. The molecule has 0 aliphatic heterocycles. The molecule has 108 valence electrons. The van der Waals surface area contributed by atoms with Crippen molar-refractivity contribution >= 4 is 23.3 Å². The molecule has 21 heavy (non-hydrogen) atoms. The molecule has 1 aliphatic rings. The monoisotopic (exact) mass is 288 g/mol. The lowest BCUT2D eigenvalue weighted by atomic mass is 9.86. The van der Waals surface area contributed by atoms with E-state index in [0.717, 1.165) is 6.08 Å². The highest BCUT2D eigenvalue weighted by Gasteiger charge is 2.31. The molecule has 0 spiro atoms. The van der Waals surface area contributed by atoms with Gasteiger partial charge in [0.15, 0.2) is 17.3 Å². The van der Waals surface area contributed by atoms with Crippen LogP contribution in [-0.4, -0.2) is 37.5 Å². The van der Waals surface area contributed by atoms with Crippen LogP contribution in [0.15, 0.2) is 24.0 Å². The molecule has 0 saturated heterocycles. The smallest absolute Gasteiger partial charge is 0.337 e. The molecule has 6 heteroatoms. The quantitative estimate of drug-likeness (QED) is 0.620. The Morgan fingerprint density at radius 2 is 1.76 bits per heavy atom. The fourth-order valence-electron chi connectivity index (χ4n) is 2.14. The number of fused-ring (bicyclic) bond motifs is 1. The molecule has 1 aromatic rings. The van der Waals surface area contributed by atoms with Crippen LogP contribution in [0.25, 0.3) is 0 Å². The third-order valence-corrected chi connectivity index (χ3v) is 3.14. The molecule has 0 amide bonds. The molecule has 0 fully saturated rings. The molecule has 0 atom stereocenters. The van der Waals surface area contributed by atoms with Crippen LogP contribution in [0.5, 0.6) is 0 Å². The summed E-state index contributed by atoms with van der Waals surface area (Å²) < 4.78 is 9.43. The SMILES string of the molecule is COC(=O)c1cc(C(C)=O)c2c(c1)C(=O)C(OC)=CC2=O. The molecule has 0 N–H and O–H groups in total. The van der Waals surface area contributed by atoms with Crippen molar-refractivity contribution in [2.45, 2.75) is 6.92 Å². The third kappa shape index (κ3) is 2.35. The van der Waals surface area contributed by atoms with Crippen molar-refractivity contribution < 1.29 is 28.7 Å². The number of Topliss-reactive ketones (excluding diaryl/α,β-unsaturated/α-hetero) is 2. The summed E-state index contributed by atoms with van der Waals surface area (Å²) in [5.74, 6) is -2.33. The van der Waals surface area contributed by atoms with Gasteiger partial charge in [0.25, 0.3) is 0 Å². The Morgan fingerprint density at radius 3 is 2.29 bits per heavy atom. The number of allylic oxidation sites excluding steroid dienone is 2. The zero-order valence-corrected chi connectivity index (χ0v) is 11.7. The van der Waals surface area contributed by atoms with Crippen LogP contribution in [-0.2, 0) is 9.47 Å². The van der Waals surface area contributed by atoms with Crippen molar-refractivity contribution in [3.8, 4) is 0 Å². The van der Waals surface area contributed by atoms with Gasteiger partial charge >= 0.3 is 5.97 Å². The molecule has 1 aliphatic carbocycles. The van der Waals surface area contributed by atoms with Crippen molar-refractivity contribution in [2.75, 3.05) is 14.2 Å². The van der Waals surface area contributed by atoms with E-state index in [-0.39, 0.29) is 28.0 Å². The average molecular weight is 288 g/mol. The van der Waals surface area contributed by atoms with Crippen molar-refractivity contribution in [1.29, 1.82) is 0 Å². The second kappa shape index (κ2) is 5.32. The van der Waals surface area contributed by atoms with Gasteiger partial charge in [-0.1, -0.05) is 0 Å². The van der Waals surface area contributed by atoms with Gasteiger partial charge in [0.05, 0.1) is 19.8 Å². The van der Waals surface area contributed by atoms with E-state index >= 15 is 0 Å². The summed E-state index contributed by atoms with van der Waals surface area (Å²) in [7, 11) is 2.45. The average Bonchev–Trinajstić information content (AvgIpc) is 2.48. The highest BCUT2D eigenvalue weighted by atomic mass is 16.5. The number of methoxy groups -OCH3 is 2. The van der Waals surface area contributed by atoms with Crippen LogP contribution in [0.4, 0.5) is 0 Å². The van der Waals surface area contributed by atoms with E-state index in [0.29, 0.717) is 0 Å². The zero-order valence-electron chi connectivity index (χ0n) is 11.7. The van der Waals surface area contributed by atoms with Gasteiger partial charge in [0.2, 0.25) is 5.78 Å². The van der Waals surface area contributed by atoms with Crippen LogP contribution in [0.2, 0.25) is 0 Å². The van der Waals surface area contributed by atoms with E-state index in [1.165, 1.54) is 33.3 Å². The highest BCUT2D eigenvalue weighted by molar-refractivity contribution is 6.27. The number of hydrogen-bond donors (Lipinski definition) is 0. The summed E-state index contributed by atoms with van der Waals surface area (Å²) in [6, 6.07) is 2.49. The molecule has 0 saturated carbocycles. The second-order valence-electron chi connectivity index (χ2n) is 4.40. The van der Waals surface area contributed by atoms with Crippen LogP contribution in [0.1, 0.15) is 48.4 Å². The highest BCUT2D eigenvalue weighted by Crippen LogP contribution is 2.27. The molecular formula is C15H12O6. The molecule has 0 unspecified atom stereocenters. The maximum Gasteiger partial charge on any atom is 0.337 e. The summed E-state index contributed by atoms with van der Waals surface area (Å²) in [5.41, 5.74) is -0.00832. The fraction of sp³-hybridized carbons (Fsp3) is 0.200. The molecule has 0 bridgehead atoms. The van der Waals surface area contributed by atoms with Crippen molar-refractivity contribution in [3.63, 3.8) is 0 Å². The molecule has 1 aromatic carbocycles. The van der Waals surface area contributed by atoms with Gasteiger partial charge in [0.1, 0.15) is 0 Å². The number of carbonyl (C=O) groups is 4. The van der Waals surface area contributed by atoms with E-state index in [1.54, 1.807) is 0 Å². The van der Waals surface area contributed by atoms with Crippen LogP contribution >= 0.6 is 0 Å². The number of ether oxygens (including phenoxy) is 2. The first-order valence-electron chi connectivity index (χ1n) is 6.02. The summed E-state index contributed by atoms with van der Waals surface area (Å²) >= 11 is 0. The molecule has 0 aromatic heterocycles. The summed E-state index contributed by atoms with van der Waals surface area (Å²) in [6.07, 6.45) is 1.04. The summed E-state index contributed by atoms with van der Waals surface area (Å²) in [4.78, 5) is 47.7. The Balaban J connectivity index is 2.77. The minimum atomic E-state index is -0.700. The molecular weight excluding hydrogens is 276 g/mol. The van der Waals surface area contributed by atoms with Gasteiger partial charge in [-0.05, 0) is 19.1 Å². The standard InChI is InChI=1S/C15H12O6/c1-7(16)9-4-8(15(19)21-3)5-10-13(9)11(17)6-12(20-2)14(10)18/h4-6H,1-3H3. The lowest BCUT2D eigenvalue weighted by Gasteiger charge is -2.17. The van der Waals surface area contributed by atoms with Crippen LogP contribution in [0, 0.1) is 0 Å². The van der Waals surface area contributed by atoms with E-state index in [2.05, 4.69) is 4.74 Å². The normalized spacial score (nSPS) is 13.4. The number of benzene rings is 1. The maximum atomic E-state index is 12.2. The van der Waals surface area contributed by atoms with Gasteiger partial charge in [-0.2, -0.15) is 0 Å². The first kappa shape index (κ1) is 14.6. The number of esters is 1.